The first kappa shape index (κ1) is 13.3. The van der Waals surface area contributed by atoms with Gasteiger partial charge in [-0.15, -0.1) is 9.42 Å². The van der Waals surface area contributed by atoms with Crippen molar-refractivity contribution in [3.63, 3.8) is 0 Å². The molecular formula is C10H15N3O4P+. The Kier molecular flexibility index (Phi) is 4.54. The summed E-state index contributed by atoms with van der Waals surface area (Å²) in [7, 11) is -2.64. The first-order valence-electron chi connectivity index (χ1n) is 5.65. The second-order valence-electron chi connectivity index (χ2n) is 4.23. The van der Waals surface area contributed by atoms with Gasteiger partial charge in [-0.25, -0.2) is 9.97 Å². The molecule has 0 aliphatic heterocycles. The number of nitrogens with zero attached hydrogens (tertiary/aromatic N) is 2. The van der Waals surface area contributed by atoms with Crippen molar-refractivity contribution in [2.24, 2.45) is 5.92 Å². The van der Waals surface area contributed by atoms with Gasteiger partial charge >= 0.3 is 8.25 Å². The van der Waals surface area contributed by atoms with Crippen LogP contribution in [0.4, 0.5) is 5.82 Å². The van der Waals surface area contributed by atoms with Crippen LogP contribution in [0.15, 0.2) is 18.6 Å². The third-order valence-electron chi connectivity index (χ3n) is 3.02. The Morgan fingerprint density at radius 1 is 1.56 bits per heavy atom. The molecule has 1 aromatic rings. The lowest BCUT2D eigenvalue weighted by atomic mass is 10.1. The summed E-state index contributed by atoms with van der Waals surface area (Å²) in [6, 6.07) is 1.81. The lowest BCUT2D eigenvalue weighted by Crippen LogP contribution is -2.18. The molecule has 0 spiro atoms. The van der Waals surface area contributed by atoms with Gasteiger partial charge in [0.1, 0.15) is 18.2 Å². The smallest absolute Gasteiger partial charge is 0.396 e. The van der Waals surface area contributed by atoms with E-state index < -0.39 is 14.4 Å². The molecule has 1 saturated carbocycles. The zero-order chi connectivity index (χ0) is 13.0. The number of aliphatic hydroxyl groups excluding tert-OH is 1. The van der Waals surface area contributed by atoms with Gasteiger partial charge in [-0.1, -0.05) is 0 Å². The van der Waals surface area contributed by atoms with Gasteiger partial charge in [0.15, 0.2) is 0 Å². The van der Waals surface area contributed by atoms with E-state index in [0.717, 1.165) is 0 Å². The Hall–Kier alpha value is -1.14. The van der Waals surface area contributed by atoms with E-state index in [1.807, 2.05) is 0 Å². The third kappa shape index (κ3) is 3.43. The van der Waals surface area contributed by atoms with Crippen molar-refractivity contribution < 1.29 is 19.1 Å². The number of hydrogen-bond donors (Lipinski definition) is 3. The summed E-state index contributed by atoms with van der Waals surface area (Å²) < 4.78 is 15.6. The van der Waals surface area contributed by atoms with Crippen LogP contribution in [0, 0.1) is 5.92 Å². The second kappa shape index (κ2) is 6.15. The lowest BCUT2D eigenvalue weighted by molar-refractivity contribution is 0.106. The van der Waals surface area contributed by atoms with Gasteiger partial charge in [-0.2, -0.15) is 0 Å². The predicted octanol–water partition coefficient (Wildman–Crippen LogP) is 0.694. The van der Waals surface area contributed by atoms with Crippen molar-refractivity contribution in [3.8, 4) is 0 Å². The molecule has 0 bridgehead atoms. The molecule has 3 N–H and O–H groups in total. The maximum atomic E-state index is 10.7. The highest BCUT2D eigenvalue weighted by atomic mass is 31.1. The Labute approximate surface area is 105 Å². The normalized spacial score (nSPS) is 28.1. The second-order valence-corrected chi connectivity index (χ2v) is 4.92. The van der Waals surface area contributed by atoms with E-state index in [4.69, 9.17) is 9.42 Å². The molecule has 8 heteroatoms. The standard InChI is InChI=1S/C10H14N3O4P/c14-5-7-3-8(4-9(7)17-18(15)16)13-10-1-2-11-6-12-10/h1-2,6-9,14H,3-5H2,(H-,11,12,13,15,16)/p+1/t7?,8?,9-/m0/s1. The summed E-state index contributed by atoms with van der Waals surface area (Å²) >= 11 is 0. The minimum atomic E-state index is -2.64. The Balaban J connectivity index is 1.94. The zero-order valence-corrected chi connectivity index (χ0v) is 10.5. The third-order valence-corrected chi connectivity index (χ3v) is 3.48. The van der Waals surface area contributed by atoms with E-state index >= 15 is 0 Å². The quantitative estimate of drug-likeness (QED) is 0.677. The van der Waals surface area contributed by atoms with Gasteiger partial charge < -0.3 is 10.4 Å². The molecule has 4 atom stereocenters. The molecule has 2 rings (SSSR count). The molecule has 1 heterocycles. The van der Waals surface area contributed by atoms with Gasteiger partial charge in [0.2, 0.25) is 0 Å². The van der Waals surface area contributed by atoms with Crippen LogP contribution < -0.4 is 5.32 Å². The maximum Gasteiger partial charge on any atom is 0.695 e. The van der Waals surface area contributed by atoms with Crippen molar-refractivity contribution in [3.05, 3.63) is 18.6 Å². The van der Waals surface area contributed by atoms with Gasteiger partial charge in [-0.3, -0.25) is 0 Å². The molecule has 3 unspecified atom stereocenters. The van der Waals surface area contributed by atoms with E-state index in [1.54, 1.807) is 12.3 Å². The molecule has 0 amide bonds. The number of anilines is 1. The Morgan fingerprint density at radius 2 is 2.39 bits per heavy atom. The highest BCUT2D eigenvalue weighted by Gasteiger charge is 2.40. The fraction of sp³-hybridized carbons (Fsp3) is 0.600. The van der Waals surface area contributed by atoms with Gasteiger partial charge in [-0.05, 0) is 18.9 Å². The Bertz CT molecular complexity index is 405. The summed E-state index contributed by atoms with van der Waals surface area (Å²) in [5.74, 6) is 0.566. The van der Waals surface area contributed by atoms with Crippen LogP contribution >= 0.6 is 8.25 Å². The predicted molar refractivity (Wildman–Crippen MR) is 64.0 cm³/mol. The van der Waals surface area contributed by atoms with Crippen molar-refractivity contribution in [1.29, 1.82) is 0 Å². The van der Waals surface area contributed by atoms with Gasteiger partial charge in [0.25, 0.3) is 0 Å². The zero-order valence-electron chi connectivity index (χ0n) is 9.64. The van der Waals surface area contributed by atoms with Crippen LogP contribution in [0.25, 0.3) is 0 Å². The van der Waals surface area contributed by atoms with Crippen molar-refractivity contribution >= 4 is 14.1 Å². The van der Waals surface area contributed by atoms with Gasteiger partial charge in [0, 0.05) is 29.3 Å². The van der Waals surface area contributed by atoms with E-state index in [1.165, 1.54) is 6.33 Å². The average molecular weight is 272 g/mol. The van der Waals surface area contributed by atoms with E-state index in [2.05, 4.69) is 15.3 Å². The molecule has 18 heavy (non-hydrogen) atoms. The summed E-state index contributed by atoms with van der Waals surface area (Å²) in [5.41, 5.74) is 0. The van der Waals surface area contributed by atoms with Crippen LogP contribution in [-0.2, 0) is 9.09 Å². The minimum absolute atomic E-state index is 0.0597. The molecule has 7 nitrogen and oxygen atoms in total. The minimum Gasteiger partial charge on any atom is -0.396 e. The van der Waals surface area contributed by atoms with Gasteiger partial charge in [0.05, 0.1) is 0 Å². The first-order chi connectivity index (χ1) is 8.69. The molecule has 1 aromatic heterocycles. The summed E-state index contributed by atoms with van der Waals surface area (Å²) in [4.78, 5) is 16.6. The average Bonchev–Trinajstić information content (AvgIpc) is 2.71. The molecule has 0 aromatic carbocycles. The van der Waals surface area contributed by atoms with Crippen LogP contribution in [0.1, 0.15) is 12.8 Å². The summed E-state index contributed by atoms with van der Waals surface area (Å²) in [6.07, 6.45) is 3.92. The molecule has 0 radical (unpaired) electrons. The van der Waals surface area contributed by atoms with Crippen molar-refractivity contribution in [1.82, 2.24) is 9.97 Å². The maximum absolute atomic E-state index is 10.7. The molecule has 1 aliphatic carbocycles. The SMILES string of the molecule is O=[P+](O)O[C@H]1CC(Nc2ccncn2)CC1CO. The number of nitrogens with one attached hydrogen (secondary N) is 1. The number of aromatic nitrogens is 2. The number of hydrogen-bond acceptors (Lipinski definition) is 6. The van der Waals surface area contributed by atoms with E-state index in [9.17, 15) is 9.67 Å². The molecule has 0 saturated heterocycles. The van der Waals surface area contributed by atoms with Crippen molar-refractivity contribution in [2.45, 2.75) is 25.0 Å². The van der Waals surface area contributed by atoms with E-state index in [-0.39, 0.29) is 18.6 Å². The summed E-state index contributed by atoms with van der Waals surface area (Å²) in [5, 5.41) is 12.4. The van der Waals surface area contributed by atoms with Crippen LogP contribution in [-0.4, -0.2) is 38.7 Å². The molecular weight excluding hydrogens is 257 g/mol. The molecule has 98 valence electrons. The van der Waals surface area contributed by atoms with Crippen LogP contribution in [0.3, 0.4) is 0 Å². The Morgan fingerprint density at radius 3 is 3.00 bits per heavy atom. The number of aliphatic hydroxyl groups is 1. The van der Waals surface area contributed by atoms with Crippen molar-refractivity contribution in [2.75, 3.05) is 11.9 Å². The fourth-order valence-electron chi connectivity index (χ4n) is 2.23. The van der Waals surface area contributed by atoms with E-state index in [0.29, 0.717) is 18.7 Å². The molecule has 1 aliphatic rings. The van der Waals surface area contributed by atoms with Crippen LogP contribution in [0.2, 0.25) is 0 Å². The van der Waals surface area contributed by atoms with Crippen LogP contribution in [0.5, 0.6) is 0 Å². The largest absolute Gasteiger partial charge is 0.695 e. The molecule has 1 fully saturated rings. The summed E-state index contributed by atoms with van der Waals surface area (Å²) in [6.45, 7) is -0.0597. The monoisotopic (exact) mass is 272 g/mol. The number of rotatable bonds is 5. The highest BCUT2D eigenvalue weighted by Crippen LogP contribution is 2.35. The highest BCUT2D eigenvalue weighted by molar-refractivity contribution is 7.32. The lowest BCUT2D eigenvalue weighted by Gasteiger charge is -2.12. The first-order valence-corrected chi connectivity index (χ1v) is 6.78. The fourth-order valence-corrected chi connectivity index (χ4v) is 2.72. The topological polar surface area (TPSA) is 105 Å².